The van der Waals surface area contributed by atoms with Gasteiger partial charge in [0.05, 0.1) is 44.5 Å². The molecule has 15 aromatic rings. The topological polar surface area (TPSA) is 14.8 Å². The van der Waals surface area contributed by atoms with Gasteiger partial charge in [0.15, 0.2) is 0 Å². The lowest BCUT2D eigenvalue weighted by Crippen LogP contribution is -2.10. The fraction of sp³-hybridized carbons (Fsp3) is 0.280. The number of hydrogen-bond acceptors (Lipinski definition) is 0. The Morgan fingerprint density at radius 3 is 1.03 bits per heavy atom. The minimum Gasteiger partial charge on any atom is -0.308 e. The van der Waals surface area contributed by atoms with Crippen molar-refractivity contribution in [2.45, 2.75) is 191 Å². The molecule has 0 amide bonds. The molecule has 532 valence electrons. The van der Waals surface area contributed by atoms with Crippen LogP contribution in [0.15, 0.2) is 237 Å². The molecule has 3 heteroatoms. The first-order valence-electron chi connectivity index (χ1n) is 39.9. The molecule has 6 aliphatic rings. The molecule has 3 nitrogen and oxygen atoms in total. The minimum absolute atomic E-state index is 1.01. The Morgan fingerprint density at radius 1 is 0.184 bits per heavy atom. The lowest BCUT2D eigenvalue weighted by Gasteiger charge is -2.24. The van der Waals surface area contributed by atoms with Gasteiger partial charge in [-0.05, 0) is 120 Å². The third-order valence-electron chi connectivity index (χ3n) is 19.2. The predicted octanol–water partition coefficient (Wildman–Crippen LogP) is 30.1. The van der Waals surface area contributed by atoms with Gasteiger partial charge in [-0.2, -0.15) is 0 Å². The molecule has 0 atom stereocenters. The number of rotatable bonds is 0. The molecule has 0 bridgehead atoms. The third-order valence-corrected chi connectivity index (χ3v) is 19.2. The molecule has 103 heavy (non-hydrogen) atoms. The van der Waals surface area contributed by atoms with Crippen molar-refractivity contribution < 1.29 is 0 Å². The molecule has 0 radical (unpaired) electrons. The van der Waals surface area contributed by atoms with Crippen LogP contribution in [-0.4, -0.2) is 13.7 Å². The van der Waals surface area contributed by atoms with Crippen molar-refractivity contribution in [3.8, 4) is 50.4 Å². The third kappa shape index (κ3) is 13.7. The number of aromatic nitrogens is 3. The van der Waals surface area contributed by atoms with E-state index in [1.54, 1.807) is 0 Å². The highest BCUT2D eigenvalue weighted by atomic mass is 15.0. The molecule has 3 aliphatic heterocycles. The second-order valence-corrected chi connectivity index (χ2v) is 23.3. The highest BCUT2D eigenvalue weighted by Gasteiger charge is 2.33. The molecule has 21 rings (SSSR count). The van der Waals surface area contributed by atoms with Crippen LogP contribution in [0, 0.1) is 0 Å². The van der Waals surface area contributed by atoms with Gasteiger partial charge in [0, 0.05) is 74.8 Å². The van der Waals surface area contributed by atoms with E-state index >= 15 is 0 Å². The first-order valence-corrected chi connectivity index (χ1v) is 39.9. The van der Waals surface area contributed by atoms with Gasteiger partial charge in [-0.25, -0.2) is 0 Å². The zero-order valence-corrected chi connectivity index (χ0v) is 66.6. The van der Waals surface area contributed by atoms with Gasteiger partial charge < -0.3 is 13.7 Å². The molecule has 6 heterocycles. The normalized spacial score (nSPS) is 11.4. The molecular weight excluding hydrogens is 1240 g/mol. The maximum atomic E-state index is 2.55. The van der Waals surface area contributed by atoms with Crippen LogP contribution in [-0.2, 0) is 38.5 Å². The quantitative estimate of drug-likeness (QED) is 0.144. The summed E-state index contributed by atoms with van der Waals surface area (Å²) in [7, 11) is 0. The van der Waals surface area contributed by atoms with Crippen LogP contribution in [0.2, 0.25) is 0 Å². The van der Waals surface area contributed by atoms with E-state index in [9.17, 15) is 0 Å². The summed E-state index contributed by atoms with van der Waals surface area (Å²) in [6.07, 6.45) is 6.17. The summed E-state index contributed by atoms with van der Waals surface area (Å²) in [6, 6.07) is 87.8. The summed E-state index contributed by atoms with van der Waals surface area (Å²) in [5.41, 5.74) is 38.2. The molecule has 0 fully saturated rings. The number of benzene rings is 12. The second-order valence-electron chi connectivity index (χ2n) is 23.3. The molecule has 0 saturated heterocycles. The Bertz CT molecular complexity index is 5300. The monoisotopic (exact) mass is 1360 g/mol. The summed E-state index contributed by atoms with van der Waals surface area (Å²) < 4.78 is 7.63. The fourth-order valence-corrected chi connectivity index (χ4v) is 16.0. The summed E-state index contributed by atoms with van der Waals surface area (Å²) in [5.74, 6) is 0. The van der Waals surface area contributed by atoms with E-state index in [-0.39, 0.29) is 0 Å². The number of para-hydroxylation sites is 6. The van der Waals surface area contributed by atoms with E-state index in [1.807, 2.05) is 152 Å². The summed E-state index contributed by atoms with van der Waals surface area (Å²) in [4.78, 5) is 0. The molecule has 0 spiro atoms. The van der Waals surface area contributed by atoms with Crippen molar-refractivity contribution in [1.29, 1.82) is 0 Å². The lowest BCUT2D eigenvalue weighted by molar-refractivity contribution is 1.02. The van der Waals surface area contributed by atoms with Crippen LogP contribution in [0.1, 0.15) is 219 Å². The number of hydrogen-bond donors (Lipinski definition) is 0. The first-order chi connectivity index (χ1) is 51.2. The standard InChI is InChI=1S/3C26H17N.11C2H6/c1-3-9-20-16(6-1)14-18-12-13-22-21-10-5-8-19-15-17-7-2-4-11-23(17)27(25(19)21)26(22)24(18)20;1-2-8-19-16(6-1)15-23-20(19)13-12-18-14-17-7-5-10-22-21-9-3-4-11-24(21)27(25(17)22)26(18)23;1-2-8-20-16(6-1)14-17-12-13-19-15-18-7-5-10-22-21-9-3-4-11-23(21)27(25(18)22)26(19)24(17)20;11*1-2/h3*1-13H,14-15H2;11*1-2H3. The highest BCUT2D eigenvalue weighted by molar-refractivity contribution is 6.17. The number of nitrogens with zero attached hydrogens (tertiary/aromatic N) is 3. The summed E-state index contributed by atoms with van der Waals surface area (Å²) in [6.45, 7) is 44.0. The van der Waals surface area contributed by atoms with Crippen molar-refractivity contribution in [1.82, 2.24) is 13.7 Å². The van der Waals surface area contributed by atoms with Gasteiger partial charge in [0.2, 0.25) is 0 Å². The van der Waals surface area contributed by atoms with Gasteiger partial charge in [-0.3, -0.25) is 0 Å². The van der Waals surface area contributed by atoms with Crippen LogP contribution >= 0.6 is 0 Å². The molecule has 12 aromatic carbocycles. The zero-order valence-electron chi connectivity index (χ0n) is 66.6. The van der Waals surface area contributed by atoms with E-state index in [0.717, 1.165) is 38.5 Å². The minimum atomic E-state index is 1.01. The zero-order chi connectivity index (χ0) is 74.6. The van der Waals surface area contributed by atoms with E-state index in [4.69, 9.17) is 0 Å². The Kier molecular flexibility index (Phi) is 28.5. The van der Waals surface area contributed by atoms with E-state index in [2.05, 4.69) is 250 Å². The van der Waals surface area contributed by atoms with Gasteiger partial charge >= 0.3 is 0 Å². The molecule has 3 aromatic heterocycles. The maximum Gasteiger partial charge on any atom is 0.0622 e. The second kappa shape index (κ2) is 37.3. The summed E-state index contributed by atoms with van der Waals surface area (Å²) in [5, 5.41) is 8.21. The lowest BCUT2D eigenvalue weighted by atomic mass is 9.92. The van der Waals surface area contributed by atoms with E-state index < -0.39 is 0 Å². The van der Waals surface area contributed by atoms with Gasteiger partial charge in [0.1, 0.15) is 0 Å². The van der Waals surface area contributed by atoms with Crippen LogP contribution in [0.3, 0.4) is 0 Å². The van der Waals surface area contributed by atoms with Gasteiger partial charge in [-0.15, -0.1) is 0 Å². The largest absolute Gasteiger partial charge is 0.308 e. The maximum absolute atomic E-state index is 2.55. The van der Waals surface area contributed by atoms with Crippen molar-refractivity contribution in [3.05, 3.63) is 303 Å². The van der Waals surface area contributed by atoms with E-state index in [0.29, 0.717) is 0 Å². The SMILES string of the molecule is CC.CC.CC.CC.CC.CC.CC.CC.CC.CC.CC.c1ccc2c(c1)Cc1c-2ccc2c1-n1c3ccccc3c3cccc(c31)C2.c1ccc2c(c1)Cc1ccc3c(c1-2)-n1c2ccccc2c2cccc(c21)C3.c1ccc2c(c1)Cc1ccc3c4cccc5c4n(c3c1-2)-c1ccccc1C5. The highest BCUT2D eigenvalue weighted by Crippen LogP contribution is 2.51. The van der Waals surface area contributed by atoms with Crippen molar-refractivity contribution >= 4 is 65.4 Å². The molecule has 0 saturated carbocycles. The Labute approximate surface area is 619 Å². The Balaban J connectivity index is 0.000000173. The molecule has 3 aliphatic carbocycles. The Hall–Kier alpha value is -9.96. The molecule has 0 unspecified atom stereocenters. The fourth-order valence-electron chi connectivity index (χ4n) is 16.0. The first kappa shape index (κ1) is 78.8. The average Bonchev–Trinajstić information content (AvgIpc) is 1.57. The van der Waals surface area contributed by atoms with Crippen LogP contribution in [0.4, 0.5) is 0 Å². The average molecular weight is 1360 g/mol. The van der Waals surface area contributed by atoms with Crippen molar-refractivity contribution in [2.75, 3.05) is 0 Å². The van der Waals surface area contributed by atoms with Crippen molar-refractivity contribution in [2.24, 2.45) is 0 Å². The van der Waals surface area contributed by atoms with Crippen LogP contribution < -0.4 is 0 Å². The van der Waals surface area contributed by atoms with Crippen molar-refractivity contribution in [3.63, 3.8) is 0 Å². The predicted molar refractivity (Wildman–Crippen MR) is 460 cm³/mol. The summed E-state index contributed by atoms with van der Waals surface area (Å²) >= 11 is 0. The van der Waals surface area contributed by atoms with Crippen LogP contribution in [0.5, 0.6) is 0 Å². The van der Waals surface area contributed by atoms with Gasteiger partial charge in [-0.1, -0.05) is 371 Å². The van der Waals surface area contributed by atoms with Crippen LogP contribution in [0.25, 0.3) is 116 Å². The van der Waals surface area contributed by atoms with E-state index in [1.165, 1.54) is 183 Å². The molecule has 0 N–H and O–H groups in total. The Morgan fingerprint density at radius 2 is 0.505 bits per heavy atom. The number of fused-ring (bicyclic) bond motifs is 27. The van der Waals surface area contributed by atoms with Gasteiger partial charge in [0.25, 0.3) is 0 Å². The smallest absolute Gasteiger partial charge is 0.0622 e. The molecular formula is C100H117N3.